The molecule has 0 saturated heterocycles. The number of carbonyl (C=O) groups excluding carboxylic acids is 1. The average Bonchev–Trinajstić information content (AvgIpc) is 2.93. The molecule has 2 amide bonds. The molecule has 0 aliphatic heterocycles. The van der Waals surface area contributed by atoms with Crippen LogP contribution in [0.3, 0.4) is 0 Å². The molecule has 0 fully saturated rings. The summed E-state index contributed by atoms with van der Waals surface area (Å²) in [5.74, 6) is 0.775. The van der Waals surface area contributed by atoms with E-state index in [-0.39, 0.29) is 6.03 Å². The summed E-state index contributed by atoms with van der Waals surface area (Å²) in [4.78, 5) is 16.0. The molecule has 1 aromatic carbocycles. The Bertz CT molecular complexity index is 583. The smallest absolute Gasteiger partial charge is 0.321 e. The summed E-state index contributed by atoms with van der Waals surface area (Å²) in [7, 11) is 1.62. The van der Waals surface area contributed by atoms with Crippen LogP contribution in [-0.4, -0.2) is 18.1 Å². The van der Waals surface area contributed by atoms with Crippen molar-refractivity contribution in [2.45, 2.75) is 19.9 Å². The number of methoxy groups -OCH3 is 1. The maximum atomic E-state index is 11.8. The first-order valence-electron chi connectivity index (χ1n) is 6.33. The molecule has 20 heavy (non-hydrogen) atoms. The number of ether oxygens (including phenoxy) is 1. The molecule has 1 aromatic heterocycles. The third-order valence-electron chi connectivity index (χ3n) is 2.72. The van der Waals surface area contributed by atoms with Gasteiger partial charge in [0, 0.05) is 11.9 Å². The fourth-order valence-electron chi connectivity index (χ4n) is 1.63. The molecule has 0 radical (unpaired) electrons. The Morgan fingerprint density at radius 1 is 1.45 bits per heavy atom. The molecule has 106 valence electrons. The molecular formula is C14H17N3O2S. The number of aromatic nitrogens is 1. The summed E-state index contributed by atoms with van der Waals surface area (Å²) in [6.07, 6.45) is 0.865. The highest BCUT2D eigenvalue weighted by atomic mass is 32.1. The first-order valence-corrected chi connectivity index (χ1v) is 7.21. The van der Waals surface area contributed by atoms with E-state index in [9.17, 15) is 4.79 Å². The molecule has 0 saturated carbocycles. The lowest BCUT2D eigenvalue weighted by Gasteiger charge is -2.07. The van der Waals surface area contributed by atoms with E-state index in [2.05, 4.69) is 15.6 Å². The van der Waals surface area contributed by atoms with Gasteiger partial charge in [-0.25, -0.2) is 9.78 Å². The van der Waals surface area contributed by atoms with Crippen LogP contribution in [-0.2, 0) is 13.0 Å². The van der Waals surface area contributed by atoms with Crippen LogP contribution in [0, 0.1) is 0 Å². The maximum Gasteiger partial charge on any atom is 0.321 e. The van der Waals surface area contributed by atoms with E-state index >= 15 is 0 Å². The second kappa shape index (κ2) is 6.91. The summed E-state index contributed by atoms with van der Waals surface area (Å²) in [5, 5.41) is 8.07. The molecule has 2 rings (SSSR count). The summed E-state index contributed by atoms with van der Waals surface area (Å²) >= 11 is 1.43. The van der Waals surface area contributed by atoms with Crippen molar-refractivity contribution in [3.63, 3.8) is 0 Å². The average molecular weight is 291 g/mol. The van der Waals surface area contributed by atoms with Gasteiger partial charge >= 0.3 is 6.03 Å². The molecule has 0 spiro atoms. The van der Waals surface area contributed by atoms with Gasteiger partial charge in [0.1, 0.15) is 5.75 Å². The van der Waals surface area contributed by atoms with Crippen molar-refractivity contribution in [3.05, 3.63) is 40.9 Å². The number of urea groups is 1. The Morgan fingerprint density at radius 3 is 3.00 bits per heavy atom. The molecule has 0 bridgehead atoms. The maximum absolute atomic E-state index is 11.8. The van der Waals surface area contributed by atoms with Gasteiger partial charge in [0.2, 0.25) is 0 Å². The molecule has 5 nitrogen and oxygen atoms in total. The topological polar surface area (TPSA) is 63.2 Å². The zero-order valence-corrected chi connectivity index (χ0v) is 12.3. The summed E-state index contributed by atoms with van der Waals surface area (Å²) in [5.41, 5.74) is 1.96. The molecule has 0 aliphatic carbocycles. The molecule has 2 aromatic rings. The molecule has 0 atom stereocenters. The van der Waals surface area contributed by atoms with Crippen molar-refractivity contribution in [2.75, 3.05) is 12.4 Å². The van der Waals surface area contributed by atoms with Crippen molar-refractivity contribution in [1.29, 1.82) is 0 Å². The van der Waals surface area contributed by atoms with E-state index in [1.807, 2.05) is 36.6 Å². The first kappa shape index (κ1) is 14.3. The van der Waals surface area contributed by atoms with Gasteiger partial charge in [-0.05, 0) is 24.1 Å². The highest BCUT2D eigenvalue weighted by molar-refractivity contribution is 7.13. The number of carbonyl (C=O) groups is 1. The minimum Gasteiger partial charge on any atom is -0.497 e. The lowest BCUT2D eigenvalue weighted by molar-refractivity contribution is 0.251. The standard InChI is InChI=1S/C14H17N3O2S/c1-3-11-9-20-14(16-11)17-13(18)15-8-10-5-4-6-12(7-10)19-2/h4-7,9H,3,8H2,1-2H3,(H2,15,16,17,18). The second-order valence-corrected chi connectivity index (χ2v) is 5.01. The zero-order valence-electron chi connectivity index (χ0n) is 11.5. The van der Waals surface area contributed by atoms with E-state index in [4.69, 9.17) is 4.74 Å². The molecule has 6 heteroatoms. The Balaban J connectivity index is 1.85. The van der Waals surface area contributed by atoms with E-state index in [1.165, 1.54) is 11.3 Å². The fraction of sp³-hybridized carbons (Fsp3) is 0.286. The number of aryl methyl sites for hydroxylation is 1. The Labute approximate surface area is 122 Å². The number of benzene rings is 1. The number of anilines is 1. The number of nitrogens with one attached hydrogen (secondary N) is 2. The molecule has 0 aliphatic rings. The normalized spacial score (nSPS) is 10.1. The number of hydrogen-bond donors (Lipinski definition) is 2. The predicted molar refractivity (Wildman–Crippen MR) is 80.3 cm³/mol. The van der Waals surface area contributed by atoms with Crippen molar-refractivity contribution in [3.8, 4) is 5.75 Å². The van der Waals surface area contributed by atoms with Gasteiger partial charge in [0.25, 0.3) is 0 Å². The van der Waals surface area contributed by atoms with Gasteiger partial charge in [-0.2, -0.15) is 0 Å². The van der Waals surface area contributed by atoms with Crippen molar-refractivity contribution < 1.29 is 9.53 Å². The molecule has 1 heterocycles. The number of hydrogen-bond acceptors (Lipinski definition) is 4. The van der Waals surface area contributed by atoms with Crippen molar-refractivity contribution >= 4 is 22.5 Å². The molecule has 0 unspecified atom stereocenters. The third-order valence-corrected chi connectivity index (χ3v) is 3.53. The van der Waals surface area contributed by atoms with Crippen LogP contribution < -0.4 is 15.4 Å². The van der Waals surface area contributed by atoms with Gasteiger partial charge in [-0.15, -0.1) is 11.3 Å². The van der Waals surface area contributed by atoms with Crippen LogP contribution in [0.1, 0.15) is 18.2 Å². The fourth-order valence-corrected chi connectivity index (χ4v) is 2.42. The minimum absolute atomic E-state index is 0.259. The monoisotopic (exact) mass is 291 g/mol. The van der Waals surface area contributed by atoms with Crippen LogP contribution in [0.4, 0.5) is 9.93 Å². The minimum atomic E-state index is -0.259. The van der Waals surface area contributed by atoms with Crippen molar-refractivity contribution in [1.82, 2.24) is 10.3 Å². The SMILES string of the molecule is CCc1csc(NC(=O)NCc2cccc(OC)c2)n1. The van der Waals surface area contributed by atoms with E-state index in [0.717, 1.165) is 23.4 Å². The van der Waals surface area contributed by atoms with Crippen LogP contribution in [0.5, 0.6) is 5.75 Å². The largest absolute Gasteiger partial charge is 0.497 e. The Morgan fingerprint density at radius 2 is 2.30 bits per heavy atom. The lowest BCUT2D eigenvalue weighted by atomic mass is 10.2. The van der Waals surface area contributed by atoms with Gasteiger partial charge in [0.15, 0.2) is 5.13 Å². The van der Waals surface area contributed by atoms with Gasteiger partial charge in [-0.1, -0.05) is 19.1 Å². The van der Waals surface area contributed by atoms with Crippen LogP contribution in [0.15, 0.2) is 29.6 Å². The lowest BCUT2D eigenvalue weighted by Crippen LogP contribution is -2.28. The quantitative estimate of drug-likeness (QED) is 0.890. The summed E-state index contributed by atoms with van der Waals surface area (Å²) < 4.78 is 5.14. The highest BCUT2D eigenvalue weighted by Crippen LogP contribution is 2.15. The summed E-state index contributed by atoms with van der Waals surface area (Å²) in [6.45, 7) is 2.47. The van der Waals surface area contributed by atoms with Gasteiger partial charge < -0.3 is 10.1 Å². The number of nitrogens with zero attached hydrogens (tertiary/aromatic N) is 1. The van der Waals surface area contributed by atoms with Crippen LogP contribution >= 0.6 is 11.3 Å². The number of amides is 2. The Hall–Kier alpha value is -2.08. The first-order chi connectivity index (χ1) is 9.71. The van der Waals surface area contributed by atoms with E-state index in [0.29, 0.717) is 11.7 Å². The van der Waals surface area contributed by atoms with Gasteiger partial charge in [0.05, 0.1) is 12.8 Å². The van der Waals surface area contributed by atoms with Crippen LogP contribution in [0.2, 0.25) is 0 Å². The van der Waals surface area contributed by atoms with Crippen molar-refractivity contribution in [2.24, 2.45) is 0 Å². The zero-order chi connectivity index (χ0) is 14.4. The number of thiazole rings is 1. The van der Waals surface area contributed by atoms with Crippen LogP contribution in [0.25, 0.3) is 0 Å². The van der Waals surface area contributed by atoms with E-state index in [1.54, 1.807) is 7.11 Å². The summed E-state index contributed by atoms with van der Waals surface area (Å²) in [6, 6.07) is 7.32. The molecule has 2 N–H and O–H groups in total. The second-order valence-electron chi connectivity index (χ2n) is 4.16. The Kier molecular flexibility index (Phi) is 4.95. The van der Waals surface area contributed by atoms with Gasteiger partial charge in [-0.3, -0.25) is 5.32 Å². The number of rotatable bonds is 5. The van der Waals surface area contributed by atoms with E-state index < -0.39 is 0 Å². The third kappa shape index (κ3) is 3.96. The highest BCUT2D eigenvalue weighted by Gasteiger charge is 2.05. The molecular weight excluding hydrogens is 274 g/mol. The predicted octanol–water partition coefficient (Wildman–Crippen LogP) is 3.04.